The maximum absolute atomic E-state index is 13.8. The minimum Gasteiger partial charge on any atom is -0.380 e. The summed E-state index contributed by atoms with van der Waals surface area (Å²) in [6, 6.07) is 5.34. The third-order valence-electron chi connectivity index (χ3n) is 9.21. The lowest BCUT2D eigenvalue weighted by Crippen LogP contribution is -2.52. The topological polar surface area (TPSA) is 87.7 Å². The van der Waals surface area contributed by atoms with Crippen LogP contribution in [0.1, 0.15) is 63.5 Å². The van der Waals surface area contributed by atoms with Crippen molar-refractivity contribution in [1.82, 2.24) is 14.9 Å². The molecule has 3 fully saturated rings. The van der Waals surface area contributed by atoms with Gasteiger partial charge in [-0.3, -0.25) is 0 Å². The zero-order valence-corrected chi connectivity index (χ0v) is 25.0. The van der Waals surface area contributed by atoms with Crippen molar-refractivity contribution in [3.63, 3.8) is 0 Å². The molecule has 1 N–H and O–H groups in total. The number of piperidine rings is 2. The van der Waals surface area contributed by atoms with Gasteiger partial charge in [0.05, 0.1) is 16.2 Å². The Morgan fingerprint density at radius 2 is 1.85 bits per heavy atom. The second-order valence-corrected chi connectivity index (χ2v) is 14.4. The number of sulfone groups is 1. The van der Waals surface area contributed by atoms with E-state index >= 15 is 0 Å². The minimum atomic E-state index is -4.61. The average molecular weight is 596 g/mol. The number of nitrogens with zero attached hydrogens (tertiary/aromatic N) is 4. The van der Waals surface area contributed by atoms with E-state index in [1.54, 1.807) is 37.1 Å². The Hall–Kier alpha value is -2.44. The molecule has 0 amide bonds. The second kappa shape index (κ2) is 11.3. The van der Waals surface area contributed by atoms with Gasteiger partial charge in [0.25, 0.3) is 0 Å². The third-order valence-corrected chi connectivity index (χ3v) is 11.3. The predicted octanol–water partition coefficient (Wildman–Crippen LogP) is 5.59. The molecule has 1 aromatic heterocycles. The van der Waals surface area contributed by atoms with Gasteiger partial charge in [0.1, 0.15) is 11.4 Å². The van der Waals surface area contributed by atoms with Gasteiger partial charge in [-0.15, -0.1) is 0 Å². The van der Waals surface area contributed by atoms with E-state index in [2.05, 4.69) is 34.0 Å². The molecule has 1 spiro atoms. The summed E-state index contributed by atoms with van der Waals surface area (Å²) in [4.78, 5) is 12.5. The SMILES string of the molecule is COC1CCCN(c2nc(Nc3ccc(S(=O)(=O)C4CC5(CCN(C(C)C)CC5)C4)cc3C)ncc2C(F)(F)F)C1. The molecule has 226 valence electrons. The van der Waals surface area contributed by atoms with Gasteiger partial charge in [-0.1, -0.05) is 0 Å². The summed E-state index contributed by atoms with van der Waals surface area (Å²) < 4.78 is 73.7. The number of ether oxygens (including phenoxy) is 1. The van der Waals surface area contributed by atoms with Crippen molar-refractivity contribution in [2.24, 2.45) is 5.41 Å². The van der Waals surface area contributed by atoms with Crippen molar-refractivity contribution in [3.8, 4) is 0 Å². The Morgan fingerprint density at radius 1 is 1.15 bits per heavy atom. The highest BCUT2D eigenvalue weighted by Crippen LogP contribution is 2.53. The summed E-state index contributed by atoms with van der Waals surface area (Å²) in [5.41, 5.74) is 0.419. The van der Waals surface area contributed by atoms with Crippen molar-refractivity contribution >= 4 is 27.3 Å². The van der Waals surface area contributed by atoms with Gasteiger partial charge < -0.3 is 19.9 Å². The number of benzene rings is 1. The molecule has 1 unspecified atom stereocenters. The Labute approximate surface area is 240 Å². The van der Waals surface area contributed by atoms with Crippen LogP contribution in [0.15, 0.2) is 29.3 Å². The lowest BCUT2D eigenvalue weighted by Gasteiger charge is -2.52. The molecule has 1 aromatic carbocycles. The van der Waals surface area contributed by atoms with E-state index in [9.17, 15) is 21.6 Å². The summed E-state index contributed by atoms with van der Waals surface area (Å²) in [6.07, 6.45) is 0.958. The highest BCUT2D eigenvalue weighted by molar-refractivity contribution is 7.92. The number of alkyl halides is 3. The molecule has 0 bridgehead atoms. The molecule has 2 aliphatic heterocycles. The molecule has 5 rings (SSSR count). The van der Waals surface area contributed by atoms with Crippen LogP contribution in [0.5, 0.6) is 0 Å². The predicted molar refractivity (Wildman–Crippen MR) is 152 cm³/mol. The summed E-state index contributed by atoms with van der Waals surface area (Å²) in [5, 5.41) is 2.62. The molecule has 41 heavy (non-hydrogen) atoms. The molecule has 2 aromatic rings. The fourth-order valence-electron chi connectivity index (χ4n) is 6.51. The van der Waals surface area contributed by atoms with E-state index in [-0.39, 0.29) is 33.4 Å². The van der Waals surface area contributed by atoms with Crippen LogP contribution >= 0.6 is 0 Å². The molecule has 1 atom stereocenters. The van der Waals surface area contributed by atoms with Crippen molar-refractivity contribution in [1.29, 1.82) is 0 Å². The number of methoxy groups -OCH3 is 1. The highest BCUT2D eigenvalue weighted by atomic mass is 32.2. The van der Waals surface area contributed by atoms with Gasteiger partial charge in [0.2, 0.25) is 5.95 Å². The second-order valence-electron chi connectivity index (χ2n) is 12.2. The zero-order valence-electron chi connectivity index (χ0n) is 24.2. The van der Waals surface area contributed by atoms with Gasteiger partial charge >= 0.3 is 6.18 Å². The molecule has 2 saturated heterocycles. The fourth-order valence-corrected chi connectivity index (χ4v) is 8.64. The molecule has 0 radical (unpaired) electrons. The molecular weight excluding hydrogens is 555 g/mol. The molecular formula is C29H40F3N5O3S. The summed E-state index contributed by atoms with van der Waals surface area (Å²) in [5.74, 6) is -0.174. The Morgan fingerprint density at radius 3 is 2.46 bits per heavy atom. The Balaban J connectivity index is 1.30. The first-order chi connectivity index (χ1) is 19.3. The number of aromatic nitrogens is 2. The molecule has 1 aliphatic carbocycles. The normalized spacial score (nSPS) is 22.2. The van der Waals surface area contributed by atoms with Crippen LogP contribution in [0.25, 0.3) is 0 Å². The van der Waals surface area contributed by atoms with Crippen molar-refractivity contribution in [2.45, 2.75) is 87.8 Å². The van der Waals surface area contributed by atoms with Crippen LogP contribution in [0, 0.1) is 12.3 Å². The van der Waals surface area contributed by atoms with Crippen LogP contribution < -0.4 is 10.2 Å². The van der Waals surface area contributed by atoms with Gasteiger partial charge in [0.15, 0.2) is 9.84 Å². The Kier molecular flexibility index (Phi) is 8.30. The van der Waals surface area contributed by atoms with E-state index in [4.69, 9.17) is 4.74 Å². The van der Waals surface area contributed by atoms with Gasteiger partial charge in [-0.25, -0.2) is 13.4 Å². The van der Waals surface area contributed by atoms with Gasteiger partial charge in [-0.2, -0.15) is 18.2 Å². The van der Waals surface area contributed by atoms with Gasteiger partial charge in [-0.05, 0) is 102 Å². The van der Waals surface area contributed by atoms with Crippen molar-refractivity contribution in [2.75, 3.05) is 43.5 Å². The number of anilines is 3. The minimum absolute atomic E-state index is 0.0138. The van der Waals surface area contributed by atoms with Crippen molar-refractivity contribution < 1.29 is 26.3 Å². The number of halogens is 3. The maximum atomic E-state index is 13.8. The molecule has 3 heterocycles. The van der Waals surface area contributed by atoms with Gasteiger partial charge in [0, 0.05) is 38.1 Å². The lowest BCUT2D eigenvalue weighted by molar-refractivity contribution is -0.137. The van der Waals surface area contributed by atoms with E-state index < -0.39 is 21.6 Å². The van der Waals surface area contributed by atoms with Crippen molar-refractivity contribution in [3.05, 3.63) is 35.5 Å². The largest absolute Gasteiger partial charge is 0.421 e. The first kappa shape index (κ1) is 30.0. The first-order valence-corrected chi connectivity index (χ1v) is 15.9. The first-order valence-electron chi connectivity index (χ1n) is 14.4. The lowest BCUT2D eigenvalue weighted by atomic mass is 9.63. The number of hydrogen-bond acceptors (Lipinski definition) is 8. The molecule has 12 heteroatoms. The number of rotatable bonds is 7. The van der Waals surface area contributed by atoms with Crippen LogP contribution in [-0.4, -0.2) is 74.0 Å². The quantitative estimate of drug-likeness (QED) is 0.444. The Bertz CT molecular complexity index is 1350. The maximum Gasteiger partial charge on any atom is 0.421 e. The number of hydrogen-bond donors (Lipinski definition) is 1. The van der Waals surface area contributed by atoms with Crippen LogP contribution in [0.4, 0.5) is 30.6 Å². The van der Waals surface area contributed by atoms with E-state index in [1.807, 2.05) is 0 Å². The molecule has 1 saturated carbocycles. The van der Waals surface area contributed by atoms with E-state index in [1.165, 1.54) is 0 Å². The van der Waals surface area contributed by atoms with E-state index in [0.717, 1.165) is 38.5 Å². The zero-order chi connectivity index (χ0) is 29.6. The number of nitrogens with one attached hydrogen (secondary N) is 1. The third kappa shape index (κ3) is 6.19. The summed E-state index contributed by atoms with van der Waals surface area (Å²) in [6.45, 7) is 8.93. The fraction of sp³-hybridized carbons (Fsp3) is 0.655. The standard InChI is InChI=1S/C29H40F3N5O3S/c1-19(2)36-12-9-28(10-13-36)15-23(16-28)41(38,39)22-7-8-25(20(3)14-22)34-27-33-17-24(29(30,31)32)26(35-27)37-11-5-6-21(18-37)40-4/h7-8,14,17,19,21,23H,5-6,9-13,15-16,18H2,1-4H3,(H,33,34,35). The molecule has 3 aliphatic rings. The summed E-state index contributed by atoms with van der Waals surface area (Å²) >= 11 is 0. The summed E-state index contributed by atoms with van der Waals surface area (Å²) in [7, 11) is -1.93. The highest BCUT2D eigenvalue weighted by Gasteiger charge is 2.51. The smallest absolute Gasteiger partial charge is 0.380 e. The number of likely N-dealkylation sites (tertiary alicyclic amines) is 1. The monoisotopic (exact) mass is 595 g/mol. The van der Waals surface area contributed by atoms with E-state index in [0.29, 0.717) is 49.6 Å². The van der Waals surface area contributed by atoms with Crippen LogP contribution in [0.2, 0.25) is 0 Å². The molecule has 8 nitrogen and oxygen atoms in total. The number of aryl methyl sites for hydroxylation is 1. The van der Waals surface area contributed by atoms with Crippen LogP contribution in [0.3, 0.4) is 0 Å². The van der Waals surface area contributed by atoms with Crippen LogP contribution in [-0.2, 0) is 20.8 Å². The average Bonchev–Trinajstić information content (AvgIpc) is 2.92.